The van der Waals surface area contributed by atoms with Crippen molar-refractivity contribution in [2.24, 2.45) is 13.0 Å². The number of hydrogen-bond acceptors (Lipinski definition) is 3. The Morgan fingerprint density at radius 2 is 2.25 bits per heavy atom. The Hall–Kier alpha value is -2.89. The topological polar surface area (TPSA) is 75.6 Å². The minimum atomic E-state index is -0.0692. The van der Waals surface area contributed by atoms with Crippen molar-refractivity contribution in [3.63, 3.8) is 0 Å². The summed E-state index contributed by atoms with van der Waals surface area (Å²) in [5.74, 6) is 1.32. The summed E-state index contributed by atoms with van der Waals surface area (Å²) in [5.41, 5.74) is 2.58. The van der Waals surface area contributed by atoms with Gasteiger partial charge in [0.25, 0.3) is 5.91 Å². The fraction of sp³-hybridized carbons (Fsp3) is 0.278. The second-order valence-corrected chi connectivity index (χ2v) is 6.25. The molecule has 1 aliphatic rings. The number of aromatic amines is 1. The zero-order chi connectivity index (χ0) is 16.5. The highest BCUT2D eigenvalue weighted by Gasteiger charge is 2.35. The minimum absolute atomic E-state index is 0.0323. The lowest BCUT2D eigenvalue weighted by Gasteiger charge is -2.18. The number of aromatic nitrogens is 4. The van der Waals surface area contributed by atoms with Crippen LogP contribution in [0, 0.1) is 5.92 Å². The number of nitrogens with one attached hydrogen (secondary N) is 2. The number of nitrogens with zero attached hydrogens (tertiary/aromatic N) is 3. The van der Waals surface area contributed by atoms with Crippen molar-refractivity contribution in [1.82, 2.24) is 25.1 Å². The van der Waals surface area contributed by atoms with Crippen molar-refractivity contribution in [1.29, 1.82) is 0 Å². The molecule has 0 radical (unpaired) electrons. The lowest BCUT2D eigenvalue weighted by molar-refractivity contribution is 0.0929. The summed E-state index contributed by atoms with van der Waals surface area (Å²) in [6, 6.07) is 7.56. The fourth-order valence-corrected chi connectivity index (χ4v) is 2.97. The number of carbonyl (C=O) groups excluding carboxylic acids is 1. The highest BCUT2D eigenvalue weighted by molar-refractivity contribution is 5.95. The standard InChI is InChI=1S/C18H19N5O/c1-23-8-7-19-17(23)16(12-5-6-12)22-18(24)14-4-2-3-13(9-14)15-10-20-21-11-15/h2-4,7-12,16H,5-6H2,1H3,(H,20,21)(H,22,24)/t16-/m1/s1. The first-order valence-corrected chi connectivity index (χ1v) is 8.09. The zero-order valence-corrected chi connectivity index (χ0v) is 13.4. The van der Waals surface area contributed by atoms with Gasteiger partial charge >= 0.3 is 0 Å². The van der Waals surface area contributed by atoms with Crippen LogP contribution in [0.3, 0.4) is 0 Å². The molecule has 1 fully saturated rings. The van der Waals surface area contributed by atoms with Gasteiger partial charge in [0.15, 0.2) is 0 Å². The lowest BCUT2D eigenvalue weighted by Crippen LogP contribution is -2.31. The Labute approximate surface area is 139 Å². The summed E-state index contributed by atoms with van der Waals surface area (Å²) < 4.78 is 1.98. The number of carbonyl (C=O) groups is 1. The van der Waals surface area contributed by atoms with Crippen molar-refractivity contribution < 1.29 is 4.79 Å². The molecule has 122 valence electrons. The third-order valence-electron chi connectivity index (χ3n) is 4.47. The Morgan fingerprint density at radius 1 is 1.38 bits per heavy atom. The number of amides is 1. The highest BCUT2D eigenvalue weighted by Crippen LogP contribution is 2.40. The molecular weight excluding hydrogens is 302 g/mol. The largest absolute Gasteiger partial charge is 0.342 e. The summed E-state index contributed by atoms with van der Waals surface area (Å²) >= 11 is 0. The van der Waals surface area contributed by atoms with Gasteiger partial charge in [0.05, 0.1) is 12.2 Å². The molecule has 0 aliphatic heterocycles. The number of aryl methyl sites for hydroxylation is 1. The van der Waals surface area contributed by atoms with E-state index in [1.165, 1.54) is 0 Å². The number of rotatable bonds is 5. The van der Waals surface area contributed by atoms with Gasteiger partial charge in [0.2, 0.25) is 0 Å². The first-order chi connectivity index (χ1) is 11.7. The van der Waals surface area contributed by atoms with Crippen LogP contribution in [-0.4, -0.2) is 25.7 Å². The van der Waals surface area contributed by atoms with Crippen LogP contribution in [0.2, 0.25) is 0 Å². The van der Waals surface area contributed by atoms with Gasteiger partial charge in [-0.15, -0.1) is 0 Å². The number of hydrogen-bond donors (Lipinski definition) is 2. The molecule has 6 nitrogen and oxygen atoms in total. The Balaban J connectivity index is 1.57. The SMILES string of the molecule is Cn1ccnc1[C@H](NC(=O)c1cccc(-c2cn[nH]c2)c1)C1CC1. The molecule has 1 saturated carbocycles. The van der Waals surface area contributed by atoms with Crippen LogP contribution < -0.4 is 5.32 Å². The van der Waals surface area contributed by atoms with Gasteiger partial charge in [-0.05, 0) is 36.5 Å². The molecule has 1 aliphatic carbocycles. The summed E-state index contributed by atoms with van der Waals surface area (Å²) in [4.78, 5) is 17.2. The van der Waals surface area contributed by atoms with E-state index < -0.39 is 0 Å². The normalized spacial score (nSPS) is 15.2. The van der Waals surface area contributed by atoms with Gasteiger partial charge < -0.3 is 9.88 Å². The van der Waals surface area contributed by atoms with Crippen LogP contribution in [0.15, 0.2) is 49.1 Å². The maximum atomic E-state index is 12.7. The van der Waals surface area contributed by atoms with Crippen LogP contribution in [0.4, 0.5) is 0 Å². The second kappa shape index (κ2) is 5.96. The molecule has 0 spiro atoms. The van der Waals surface area contributed by atoms with E-state index in [0.29, 0.717) is 11.5 Å². The summed E-state index contributed by atoms with van der Waals surface area (Å²) in [6.45, 7) is 0. The molecule has 2 aromatic heterocycles. The first-order valence-electron chi connectivity index (χ1n) is 8.09. The van der Waals surface area contributed by atoms with Gasteiger partial charge in [-0.3, -0.25) is 9.89 Å². The maximum absolute atomic E-state index is 12.7. The van der Waals surface area contributed by atoms with Crippen molar-refractivity contribution in [2.75, 3.05) is 0 Å². The van der Waals surface area contributed by atoms with Gasteiger partial charge in [-0.25, -0.2) is 4.98 Å². The molecule has 4 rings (SSSR count). The predicted octanol–water partition coefficient (Wildman–Crippen LogP) is 2.69. The van der Waals surface area contributed by atoms with Gasteiger partial charge in [-0.1, -0.05) is 12.1 Å². The molecule has 3 aromatic rings. The smallest absolute Gasteiger partial charge is 0.251 e. The fourth-order valence-electron chi connectivity index (χ4n) is 2.97. The van der Waals surface area contributed by atoms with Crippen LogP contribution in [0.5, 0.6) is 0 Å². The van der Waals surface area contributed by atoms with E-state index in [9.17, 15) is 4.79 Å². The molecule has 1 atom stereocenters. The van der Waals surface area contributed by atoms with E-state index >= 15 is 0 Å². The number of benzene rings is 1. The highest BCUT2D eigenvalue weighted by atomic mass is 16.1. The maximum Gasteiger partial charge on any atom is 0.251 e. The molecule has 6 heteroatoms. The van der Waals surface area contributed by atoms with E-state index in [-0.39, 0.29) is 11.9 Å². The van der Waals surface area contributed by atoms with Gasteiger partial charge in [-0.2, -0.15) is 5.10 Å². The lowest BCUT2D eigenvalue weighted by atomic mass is 10.0. The van der Waals surface area contributed by atoms with Crippen molar-refractivity contribution in [2.45, 2.75) is 18.9 Å². The van der Waals surface area contributed by atoms with Crippen LogP contribution in [-0.2, 0) is 7.05 Å². The molecule has 1 amide bonds. The number of imidazole rings is 1. The van der Waals surface area contributed by atoms with Crippen LogP contribution >= 0.6 is 0 Å². The van der Waals surface area contributed by atoms with E-state index in [1.54, 1.807) is 12.4 Å². The second-order valence-electron chi connectivity index (χ2n) is 6.25. The summed E-state index contributed by atoms with van der Waals surface area (Å²) in [7, 11) is 1.96. The number of H-pyrrole nitrogens is 1. The zero-order valence-electron chi connectivity index (χ0n) is 13.4. The molecule has 2 N–H and O–H groups in total. The van der Waals surface area contributed by atoms with Gasteiger partial charge in [0, 0.05) is 36.8 Å². The predicted molar refractivity (Wildman–Crippen MR) is 90.2 cm³/mol. The molecule has 0 saturated heterocycles. The van der Waals surface area contributed by atoms with E-state index in [4.69, 9.17) is 0 Å². The van der Waals surface area contributed by atoms with E-state index in [0.717, 1.165) is 29.8 Å². The van der Waals surface area contributed by atoms with Crippen LogP contribution in [0.25, 0.3) is 11.1 Å². The van der Waals surface area contributed by atoms with Crippen molar-refractivity contribution in [3.8, 4) is 11.1 Å². The van der Waals surface area contributed by atoms with Gasteiger partial charge in [0.1, 0.15) is 5.82 Å². The third-order valence-corrected chi connectivity index (χ3v) is 4.47. The average Bonchev–Trinajstić information content (AvgIpc) is 3.11. The van der Waals surface area contributed by atoms with E-state index in [2.05, 4.69) is 20.5 Å². The molecular formula is C18H19N5O. The van der Waals surface area contributed by atoms with E-state index in [1.807, 2.05) is 48.3 Å². The molecule has 24 heavy (non-hydrogen) atoms. The Kier molecular flexibility index (Phi) is 3.65. The summed E-state index contributed by atoms with van der Waals surface area (Å²) in [5, 5.41) is 9.92. The third kappa shape index (κ3) is 2.82. The first kappa shape index (κ1) is 14.7. The molecule has 2 heterocycles. The Bertz CT molecular complexity index is 848. The van der Waals surface area contributed by atoms with Crippen molar-refractivity contribution >= 4 is 5.91 Å². The van der Waals surface area contributed by atoms with Crippen molar-refractivity contribution in [3.05, 3.63) is 60.4 Å². The summed E-state index contributed by atoms with van der Waals surface area (Å²) in [6.07, 6.45) is 9.52. The van der Waals surface area contributed by atoms with Crippen LogP contribution in [0.1, 0.15) is 35.1 Å². The quantitative estimate of drug-likeness (QED) is 0.758. The average molecular weight is 321 g/mol. The molecule has 0 bridgehead atoms. The monoisotopic (exact) mass is 321 g/mol. The Morgan fingerprint density at radius 3 is 2.92 bits per heavy atom. The minimum Gasteiger partial charge on any atom is -0.342 e. The molecule has 0 unspecified atom stereocenters. The molecule has 1 aromatic carbocycles.